The van der Waals surface area contributed by atoms with Gasteiger partial charge < -0.3 is 16.0 Å². The van der Waals surface area contributed by atoms with Gasteiger partial charge in [0.05, 0.1) is 16.9 Å². The maximum atomic E-state index is 12.5. The zero-order valence-electron chi connectivity index (χ0n) is 13.2. The number of para-hydroxylation sites is 2. The number of amides is 1. The Kier molecular flexibility index (Phi) is 5.23. The van der Waals surface area contributed by atoms with Gasteiger partial charge in [0.1, 0.15) is 0 Å². The molecule has 1 aromatic carbocycles. The molecule has 2 rings (SSSR count). The fraction of sp³-hybridized carbons (Fsp3) is 0.588. The number of hydrogen-bond donors (Lipinski definition) is 2. The van der Waals surface area contributed by atoms with Crippen molar-refractivity contribution in [2.24, 2.45) is 5.73 Å². The lowest BCUT2D eigenvalue weighted by atomic mass is 9.93. The van der Waals surface area contributed by atoms with Crippen molar-refractivity contribution in [3.05, 3.63) is 24.3 Å². The SMILES string of the molecule is CCC(N)(CC)C(=O)Nc1ccccc1N1CCCCC1. The van der Waals surface area contributed by atoms with Gasteiger partial charge in [-0.05, 0) is 44.2 Å². The van der Waals surface area contributed by atoms with Crippen LogP contribution in [0.15, 0.2) is 24.3 Å². The molecule has 0 spiro atoms. The van der Waals surface area contributed by atoms with Gasteiger partial charge in [-0.2, -0.15) is 0 Å². The number of piperidine rings is 1. The number of rotatable bonds is 5. The van der Waals surface area contributed by atoms with Crippen LogP contribution in [0.5, 0.6) is 0 Å². The number of carbonyl (C=O) groups is 1. The summed E-state index contributed by atoms with van der Waals surface area (Å²) in [4.78, 5) is 14.8. The average Bonchev–Trinajstić information content (AvgIpc) is 2.55. The molecule has 0 saturated carbocycles. The van der Waals surface area contributed by atoms with Crippen LogP contribution < -0.4 is 16.0 Å². The van der Waals surface area contributed by atoms with Crippen molar-refractivity contribution >= 4 is 17.3 Å². The van der Waals surface area contributed by atoms with Gasteiger partial charge in [0.15, 0.2) is 0 Å². The van der Waals surface area contributed by atoms with Crippen molar-refractivity contribution in [2.45, 2.75) is 51.5 Å². The highest BCUT2D eigenvalue weighted by atomic mass is 16.2. The van der Waals surface area contributed by atoms with Crippen LogP contribution in [-0.2, 0) is 4.79 Å². The van der Waals surface area contributed by atoms with Gasteiger partial charge in [0.2, 0.25) is 5.91 Å². The lowest BCUT2D eigenvalue weighted by molar-refractivity contribution is -0.121. The van der Waals surface area contributed by atoms with E-state index in [1.165, 1.54) is 19.3 Å². The summed E-state index contributed by atoms with van der Waals surface area (Å²) in [5, 5.41) is 3.04. The number of anilines is 2. The molecule has 21 heavy (non-hydrogen) atoms. The molecule has 1 saturated heterocycles. The average molecular weight is 289 g/mol. The van der Waals surface area contributed by atoms with Crippen LogP contribution in [0.2, 0.25) is 0 Å². The molecule has 1 amide bonds. The molecule has 3 N–H and O–H groups in total. The summed E-state index contributed by atoms with van der Waals surface area (Å²) in [6.07, 6.45) is 5.01. The summed E-state index contributed by atoms with van der Waals surface area (Å²) in [6.45, 7) is 6.03. The van der Waals surface area contributed by atoms with E-state index in [4.69, 9.17) is 5.73 Å². The second-order valence-electron chi connectivity index (χ2n) is 5.88. The van der Waals surface area contributed by atoms with E-state index in [2.05, 4.69) is 16.3 Å². The minimum absolute atomic E-state index is 0.0861. The van der Waals surface area contributed by atoms with Gasteiger partial charge in [-0.1, -0.05) is 26.0 Å². The largest absolute Gasteiger partial charge is 0.370 e. The van der Waals surface area contributed by atoms with Crippen LogP contribution in [0.3, 0.4) is 0 Å². The van der Waals surface area contributed by atoms with Crippen molar-refractivity contribution in [3.8, 4) is 0 Å². The van der Waals surface area contributed by atoms with Crippen LogP contribution in [-0.4, -0.2) is 24.5 Å². The molecule has 0 atom stereocenters. The molecule has 1 aliphatic heterocycles. The highest BCUT2D eigenvalue weighted by molar-refractivity contribution is 6.00. The van der Waals surface area contributed by atoms with E-state index < -0.39 is 5.54 Å². The molecule has 0 aromatic heterocycles. The van der Waals surface area contributed by atoms with Crippen LogP contribution in [0.25, 0.3) is 0 Å². The molecular formula is C17H27N3O. The summed E-state index contributed by atoms with van der Waals surface area (Å²) < 4.78 is 0. The Balaban J connectivity index is 2.18. The van der Waals surface area contributed by atoms with E-state index in [1.807, 2.05) is 32.0 Å². The summed E-state index contributed by atoms with van der Waals surface area (Å²) in [5.41, 5.74) is 7.40. The summed E-state index contributed by atoms with van der Waals surface area (Å²) >= 11 is 0. The molecule has 0 bridgehead atoms. The van der Waals surface area contributed by atoms with E-state index in [9.17, 15) is 4.79 Å². The van der Waals surface area contributed by atoms with Crippen LogP contribution in [0.1, 0.15) is 46.0 Å². The Labute approximate surface area is 127 Å². The van der Waals surface area contributed by atoms with Gasteiger partial charge in [-0.25, -0.2) is 0 Å². The first-order valence-electron chi connectivity index (χ1n) is 8.05. The lowest BCUT2D eigenvalue weighted by Gasteiger charge is -2.32. The third kappa shape index (κ3) is 3.56. The maximum absolute atomic E-state index is 12.5. The maximum Gasteiger partial charge on any atom is 0.244 e. The number of carbonyl (C=O) groups excluding carboxylic acids is 1. The highest BCUT2D eigenvalue weighted by Gasteiger charge is 2.30. The van der Waals surface area contributed by atoms with E-state index in [1.54, 1.807) is 0 Å². The Morgan fingerprint density at radius 2 is 1.81 bits per heavy atom. The molecule has 1 heterocycles. The monoisotopic (exact) mass is 289 g/mol. The molecule has 1 aliphatic rings. The van der Waals surface area contributed by atoms with Crippen molar-refractivity contribution in [2.75, 3.05) is 23.3 Å². The molecule has 0 unspecified atom stereocenters. The Bertz CT molecular complexity index is 477. The topological polar surface area (TPSA) is 58.4 Å². The first kappa shape index (κ1) is 15.8. The van der Waals surface area contributed by atoms with Gasteiger partial charge in [-0.3, -0.25) is 4.79 Å². The van der Waals surface area contributed by atoms with Crippen LogP contribution in [0.4, 0.5) is 11.4 Å². The van der Waals surface area contributed by atoms with Gasteiger partial charge in [-0.15, -0.1) is 0 Å². The van der Waals surface area contributed by atoms with E-state index in [0.29, 0.717) is 12.8 Å². The first-order valence-corrected chi connectivity index (χ1v) is 8.05. The molecule has 0 radical (unpaired) electrons. The van der Waals surface area contributed by atoms with E-state index in [-0.39, 0.29) is 5.91 Å². The zero-order chi connectivity index (χ0) is 15.3. The third-order valence-electron chi connectivity index (χ3n) is 4.56. The second kappa shape index (κ2) is 6.94. The normalized spacial score (nSPS) is 15.9. The lowest BCUT2D eigenvalue weighted by Crippen LogP contribution is -2.50. The smallest absolute Gasteiger partial charge is 0.244 e. The number of nitrogens with two attached hydrogens (primary N) is 1. The second-order valence-corrected chi connectivity index (χ2v) is 5.88. The fourth-order valence-electron chi connectivity index (χ4n) is 2.81. The van der Waals surface area contributed by atoms with Crippen molar-refractivity contribution in [1.29, 1.82) is 0 Å². The predicted molar refractivity (Wildman–Crippen MR) is 88.6 cm³/mol. The molecule has 4 nitrogen and oxygen atoms in total. The fourth-order valence-corrected chi connectivity index (χ4v) is 2.81. The highest BCUT2D eigenvalue weighted by Crippen LogP contribution is 2.29. The van der Waals surface area contributed by atoms with E-state index >= 15 is 0 Å². The standard InChI is InChI=1S/C17H27N3O/c1-3-17(18,4-2)16(21)19-14-10-6-7-11-15(14)20-12-8-5-9-13-20/h6-7,10-11H,3-5,8-9,12-13,18H2,1-2H3,(H,19,21). The van der Waals surface area contributed by atoms with Crippen molar-refractivity contribution in [3.63, 3.8) is 0 Å². The van der Waals surface area contributed by atoms with Gasteiger partial charge in [0.25, 0.3) is 0 Å². The Morgan fingerprint density at radius 1 is 1.19 bits per heavy atom. The number of benzene rings is 1. The molecule has 116 valence electrons. The van der Waals surface area contributed by atoms with Crippen molar-refractivity contribution in [1.82, 2.24) is 0 Å². The molecule has 1 aromatic rings. The number of hydrogen-bond acceptors (Lipinski definition) is 3. The molecular weight excluding hydrogens is 262 g/mol. The van der Waals surface area contributed by atoms with Crippen LogP contribution in [0, 0.1) is 0 Å². The van der Waals surface area contributed by atoms with E-state index in [0.717, 1.165) is 24.5 Å². The Hall–Kier alpha value is -1.55. The zero-order valence-corrected chi connectivity index (χ0v) is 13.2. The summed E-state index contributed by atoms with van der Waals surface area (Å²) in [5.74, 6) is -0.0861. The van der Waals surface area contributed by atoms with Crippen LogP contribution >= 0.6 is 0 Å². The first-order chi connectivity index (χ1) is 10.1. The van der Waals surface area contributed by atoms with Crippen molar-refractivity contribution < 1.29 is 4.79 Å². The predicted octanol–water partition coefficient (Wildman–Crippen LogP) is 3.13. The Morgan fingerprint density at radius 3 is 2.43 bits per heavy atom. The minimum atomic E-state index is -0.783. The number of nitrogens with one attached hydrogen (secondary N) is 1. The third-order valence-corrected chi connectivity index (χ3v) is 4.56. The quantitative estimate of drug-likeness (QED) is 0.875. The van der Waals surface area contributed by atoms with Gasteiger partial charge in [0, 0.05) is 13.1 Å². The number of nitrogens with zero attached hydrogens (tertiary/aromatic N) is 1. The van der Waals surface area contributed by atoms with Gasteiger partial charge >= 0.3 is 0 Å². The summed E-state index contributed by atoms with van der Waals surface area (Å²) in [7, 11) is 0. The minimum Gasteiger partial charge on any atom is -0.370 e. The molecule has 0 aliphatic carbocycles. The molecule has 1 fully saturated rings. The summed E-state index contributed by atoms with van der Waals surface area (Å²) in [6, 6.07) is 8.03. The molecule has 4 heteroatoms.